The Bertz CT molecular complexity index is 1140. The van der Waals surface area contributed by atoms with Gasteiger partial charge in [-0.25, -0.2) is 8.42 Å². The molecule has 3 rings (SSSR count). The monoisotopic (exact) mass is 422 g/mol. The fourth-order valence-corrected chi connectivity index (χ4v) is 4.32. The van der Waals surface area contributed by atoms with Gasteiger partial charge in [-0.2, -0.15) is 0 Å². The zero-order valence-corrected chi connectivity index (χ0v) is 18.2. The second-order valence-electron chi connectivity index (χ2n) is 7.29. The van der Waals surface area contributed by atoms with Crippen LogP contribution in [-0.2, 0) is 10.0 Å². The predicted molar refractivity (Wildman–Crippen MR) is 120 cm³/mol. The number of nitrogens with one attached hydrogen (secondary N) is 2. The molecule has 2 N–H and O–H groups in total. The summed E-state index contributed by atoms with van der Waals surface area (Å²) in [6.07, 6.45) is 0.746. The predicted octanol–water partition coefficient (Wildman–Crippen LogP) is 4.99. The summed E-state index contributed by atoms with van der Waals surface area (Å²) in [4.78, 5) is 13.0. The minimum atomic E-state index is -3.73. The molecule has 156 valence electrons. The van der Waals surface area contributed by atoms with Crippen LogP contribution in [0, 0.1) is 13.8 Å². The van der Waals surface area contributed by atoms with Gasteiger partial charge >= 0.3 is 0 Å². The van der Waals surface area contributed by atoms with E-state index in [9.17, 15) is 13.2 Å². The minimum absolute atomic E-state index is 0.119. The number of rotatable bonds is 7. The number of hydrogen-bond acceptors (Lipinski definition) is 3. The van der Waals surface area contributed by atoms with Gasteiger partial charge in [-0.05, 0) is 61.7 Å². The second-order valence-corrected chi connectivity index (χ2v) is 8.97. The number of benzene rings is 3. The Morgan fingerprint density at radius 2 is 1.63 bits per heavy atom. The van der Waals surface area contributed by atoms with Crippen molar-refractivity contribution < 1.29 is 13.2 Å². The molecule has 1 amide bonds. The SMILES string of the molecule is CC[C@@H](NC(=O)c1cccc(NS(=O)(=O)c2ccc(C)cc2)c1)c1ccccc1C. The number of amides is 1. The molecule has 0 saturated carbocycles. The fourth-order valence-electron chi connectivity index (χ4n) is 3.27. The molecule has 0 aliphatic rings. The maximum atomic E-state index is 12.8. The Labute approximate surface area is 178 Å². The summed E-state index contributed by atoms with van der Waals surface area (Å²) in [5, 5.41) is 3.05. The summed E-state index contributed by atoms with van der Waals surface area (Å²) in [6.45, 7) is 5.93. The first kappa shape index (κ1) is 21.6. The quantitative estimate of drug-likeness (QED) is 0.563. The number of hydrogen-bond donors (Lipinski definition) is 2. The van der Waals surface area contributed by atoms with Crippen molar-refractivity contribution >= 4 is 21.6 Å². The molecule has 0 unspecified atom stereocenters. The maximum absolute atomic E-state index is 12.8. The summed E-state index contributed by atoms with van der Waals surface area (Å²) < 4.78 is 27.8. The summed E-state index contributed by atoms with van der Waals surface area (Å²) in [6, 6.07) is 20.9. The molecular weight excluding hydrogens is 396 g/mol. The molecule has 0 heterocycles. The summed E-state index contributed by atoms with van der Waals surface area (Å²) in [7, 11) is -3.73. The van der Waals surface area contributed by atoms with Gasteiger partial charge < -0.3 is 5.32 Å². The van der Waals surface area contributed by atoms with Crippen molar-refractivity contribution in [2.75, 3.05) is 4.72 Å². The van der Waals surface area contributed by atoms with E-state index in [0.29, 0.717) is 11.3 Å². The van der Waals surface area contributed by atoms with Crippen molar-refractivity contribution in [1.29, 1.82) is 0 Å². The number of carbonyl (C=O) groups excluding carboxylic acids is 1. The lowest BCUT2D eigenvalue weighted by Crippen LogP contribution is -2.28. The van der Waals surface area contributed by atoms with E-state index in [2.05, 4.69) is 10.0 Å². The smallest absolute Gasteiger partial charge is 0.261 e. The van der Waals surface area contributed by atoms with Crippen LogP contribution in [0.15, 0.2) is 77.7 Å². The first-order valence-corrected chi connectivity index (χ1v) is 11.3. The standard InChI is InChI=1S/C24H26N2O3S/c1-4-23(22-11-6-5-8-18(22)3)25-24(27)19-9-7-10-20(16-19)26-30(28,29)21-14-12-17(2)13-15-21/h5-16,23,26H,4H2,1-3H3,(H,25,27)/t23-/m1/s1. The van der Waals surface area contributed by atoms with Gasteiger partial charge in [0, 0.05) is 11.3 Å². The Kier molecular flexibility index (Phi) is 6.57. The van der Waals surface area contributed by atoms with Crippen LogP contribution in [0.2, 0.25) is 0 Å². The molecule has 3 aromatic rings. The maximum Gasteiger partial charge on any atom is 0.261 e. The second kappa shape index (κ2) is 9.13. The molecule has 0 spiro atoms. The van der Waals surface area contributed by atoms with Crippen molar-refractivity contribution in [3.8, 4) is 0 Å². The van der Waals surface area contributed by atoms with Crippen LogP contribution >= 0.6 is 0 Å². The van der Waals surface area contributed by atoms with E-state index in [0.717, 1.165) is 23.1 Å². The van der Waals surface area contributed by atoms with Crippen molar-refractivity contribution in [1.82, 2.24) is 5.32 Å². The van der Waals surface area contributed by atoms with Gasteiger partial charge in [0.25, 0.3) is 15.9 Å². The Morgan fingerprint density at radius 1 is 0.933 bits per heavy atom. The molecule has 0 aliphatic carbocycles. The van der Waals surface area contributed by atoms with Crippen LogP contribution < -0.4 is 10.0 Å². The van der Waals surface area contributed by atoms with Crippen LogP contribution in [0.5, 0.6) is 0 Å². The summed E-state index contributed by atoms with van der Waals surface area (Å²) in [5.41, 5.74) is 3.90. The molecule has 5 nitrogen and oxygen atoms in total. The number of sulfonamides is 1. The van der Waals surface area contributed by atoms with Crippen LogP contribution in [-0.4, -0.2) is 14.3 Å². The highest BCUT2D eigenvalue weighted by atomic mass is 32.2. The van der Waals surface area contributed by atoms with Crippen LogP contribution in [0.25, 0.3) is 0 Å². The van der Waals surface area contributed by atoms with E-state index < -0.39 is 10.0 Å². The molecule has 3 aromatic carbocycles. The number of anilines is 1. The highest BCUT2D eigenvalue weighted by Gasteiger charge is 2.18. The molecule has 30 heavy (non-hydrogen) atoms. The lowest BCUT2D eigenvalue weighted by atomic mass is 9.99. The lowest BCUT2D eigenvalue weighted by molar-refractivity contribution is 0.0935. The zero-order chi connectivity index (χ0) is 21.7. The van der Waals surface area contributed by atoms with Gasteiger partial charge in [0.05, 0.1) is 10.9 Å². The molecule has 0 bridgehead atoms. The average Bonchev–Trinajstić information content (AvgIpc) is 2.72. The lowest BCUT2D eigenvalue weighted by Gasteiger charge is -2.20. The summed E-state index contributed by atoms with van der Waals surface area (Å²) in [5.74, 6) is -0.249. The van der Waals surface area contributed by atoms with Crippen molar-refractivity contribution in [3.63, 3.8) is 0 Å². The molecule has 0 aromatic heterocycles. The van der Waals surface area contributed by atoms with Crippen LogP contribution in [0.1, 0.15) is 46.4 Å². The zero-order valence-electron chi connectivity index (χ0n) is 17.3. The number of carbonyl (C=O) groups is 1. The topological polar surface area (TPSA) is 75.3 Å². The van der Waals surface area contributed by atoms with Gasteiger partial charge in [0.2, 0.25) is 0 Å². The Morgan fingerprint density at radius 3 is 2.30 bits per heavy atom. The third-order valence-electron chi connectivity index (χ3n) is 4.99. The normalized spacial score (nSPS) is 12.2. The molecule has 6 heteroatoms. The van der Waals surface area contributed by atoms with E-state index in [4.69, 9.17) is 0 Å². The van der Waals surface area contributed by atoms with E-state index >= 15 is 0 Å². The molecule has 1 atom stereocenters. The van der Waals surface area contributed by atoms with Crippen molar-refractivity contribution in [3.05, 3.63) is 95.1 Å². The first-order valence-electron chi connectivity index (χ1n) is 9.86. The van der Waals surface area contributed by atoms with E-state index in [1.54, 1.807) is 48.5 Å². The fraction of sp³-hybridized carbons (Fsp3) is 0.208. The highest BCUT2D eigenvalue weighted by molar-refractivity contribution is 7.92. The van der Waals surface area contributed by atoms with E-state index in [-0.39, 0.29) is 16.8 Å². The average molecular weight is 423 g/mol. The molecule has 0 radical (unpaired) electrons. The first-order chi connectivity index (χ1) is 14.3. The minimum Gasteiger partial charge on any atom is -0.345 e. The van der Waals surface area contributed by atoms with Crippen molar-refractivity contribution in [2.45, 2.75) is 38.1 Å². The largest absolute Gasteiger partial charge is 0.345 e. The van der Waals surface area contributed by atoms with Crippen LogP contribution in [0.3, 0.4) is 0 Å². The summed E-state index contributed by atoms with van der Waals surface area (Å²) >= 11 is 0. The van der Waals surface area contributed by atoms with Gasteiger partial charge in [-0.3, -0.25) is 9.52 Å². The molecular formula is C24H26N2O3S. The molecule has 0 saturated heterocycles. The molecule has 0 fully saturated rings. The van der Waals surface area contributed by atoms with Gasteiger partial charge in [-0.1, -0.05) is 55.0 Å². The third kappa shape index (κ3) is 5.07. The Hall–Kier alpha value is -3.12. The van der Waals surface area contributed by atoms with Crippen molar-refractivity contribution in [2.24, 2.45) is 0 Å². The van der Waals surface area contributed by atoms with Gasteiger partial charge in [0.15, 0.2) is 0 Å². The van der Waals surface area contributed by atoms with E-state index in [1.807, 2.05) is 45.0 Å². The highest BCUT2D eigenvalue weighted by Crippen LogP contribution is 2.22. The van der Waals surface area contributed by atoms with Gasteiger partial charge in [0.1, 0.15) is 0 Å². The van der Waals surface area contributed by atoms with Crippen LogP contribution in [0.4, 0.5) is 5.69 Å². The Balaban J connectivity index is 1.78. The number of aryl methyl sites for hydroxylation is 2. The third-order valence-corrected chi connectivity index (χ3v) is 6.38. The van der Waals surface area contributed by atoms with Gasteiger partial charge in [-0.15, -0.1) is 0 Å². The van der Waals surface area contributed by atoms with E-state index in [1.165, 1.54) is 0 Å². The molecule has 0 aliphatic heterocycles.